The zero-order valence-electron chi connectivity index (χ0n) is 11.0. The van der Waals surface area contributed by atoms with Crippen molar-refractivity contribution in [1.82, 2.24) is 0 Å². The SMILES string of the molecule is Cc1cc(Br)c(NC2CCC(C(F)(F)F)CC2)cc1Cl. The molecule has 1 fully saturated rings. The Morgan fingerprint density at radius 1 is 1.20 bits per heavy atom. The minimum absolute atomic E-state index is 0.0728. The standard InChI is InChI=1S/C14H16BrClF3N/c1-8-6-11(15)13(7-12(8)16)20-10-4-2-9(3-5-10)14(17,18)19/h6-7,9-10,20H,2-5H2,1H3. The Bertz CT molecular complexity index is 482. The summed E-state index contributed by atoms with van der Waals surface area (Å²) in [7, 11) is 0. The number of halogens is 5. The second-order valence-corrected chi connectivity index (χ2v) is 6.58. The van der Waals surface area contributed by atoms with Gasteiger partial charge in [0.25, 0.3) is 0 Å². The van der Waals surface area contributed by atoms with Gasteiger partial charge < -0.3 is 5.32 Å². The second-order valence-electron chi connectivity index (χ2n) is 5.32. The molecule has 0 radical (unpaired) electrons. The van der Waals surface area contributed by atoms with Gasteiger partial charge in [-0.25, -0.2) is 0 Å². The van der Waals surface area contributed by atoms with E-state index >= 15 is 0 Å². The normalized spacial score (nSPS) is 23.7. The molecule has 0 aromatic heterocycles. The fourth-order valence-corrected chi connectivity index (χ4v) is 3.28. The van der Waals surface area contributed by atoms with Gasteiger partial charge in [0.15, 0.2) is 0 Å². The first-order valence-electron chi connectivity index (χ1n) is 6.56. The molecule has 1 aliphatic rings. The van der Waals surface area contributed by atoms with Gasteiger partial charge in [0, 0.05) is 15.5 Å². The van der Waals surface area contributed by atoms with Crippen LogP contribution in [0.2, 0.25) is 5.02 Å². The third kappa shape index (κ3) is 3.82. The summed E-state index contributed by atoms with van der Waals surface area (Å²) in [6, 6.07) is 3.80. The maximum absolute atomic E-state index is 12.6. The molecule has 0 saturated heterocycles. The molecular weight excluding hydrogens is 355 g/mol. The number of alkyl halides is 3. The Labute approximate surface area is 130 Å². The van der Waals surface area contributed by atoms with Crippen molar-refractivity contribution >= 4 is 33.2 Å². The molecule has 0 amide bonds. The molecule has 1 aliphatic carbocycles. The predicted molar refractivity (Wildman–Crippen MR) is 79.3 cm³/mol. The van der Waals surface area contributed by atoms with E-state index in [2.05, 4.69) is 21.2 Å². The molecular formula is C14H16BrClF3N. The van der Waals surface area contributed by atoms with Crippen molar-refractivity contribution in [3.8, 4) is 0 Å². The molecule has 6 heteroatoms. The van der Waals surface area contributed by atoms with E-state index in [-0.39, 0.29) is 18.9 Å². The summed E-state index contributed by atoms with van der Waals surface area (Å²) < 4.78 is 38.7. The Morgan fingerprint density at radius 3 is 2.35 bits per heavy atom. The van der Waals surface area contributed by atoms with Crippen LogP contribution in [0.25, 0.3) is 0 Å². The van der Waals surface area contributed by atoms with E-state index in [0.29, 0.717) is 17.9 Å². The van der Waals surface area contributed by atoms with Gasteiger partial charge in [-0.2, -0.15) is 13.2 Å². The fourth-order valence-electron chi connectivity index (χ4n) is 2.54. The average molecular weight is 371 g/mol. The fraction of sp³-hybridized carbons (Fsp3) is 0.571. The van der Waals surface area contributed by atoms with Crippen LogP contribution in [0.1, 0.15) is 31.2 Å². The Balaban J connectivity index is 1.98. The number of nitrogens with one attached hydrogen (secondary N) is 1. The van der Waals surface area contributed by atoms with Gasteiger partial charge in [0.05, 0.1) is 11.6 Å². The van der Waals surface area contributed by atoms with Crippen molar-refractivity contribution in [2.75, 3.05) is 5.32 Å². The number of hydrogen-bond donors (Lipinski definition) is 1. The number of hydrogen-bond acceptors (Lipinski definition) is 1. The van der Waals surface area contributed by atoms with Crippen molar-refractivity contribution in [3.63, 3.8) is 0 Å². The molecule has 1 N–H and O–H groups in total. The predicted octanol–water partition coefficient (Wildman–Crippen LogP) is 5.94. The second kappa shape index (κ2) is 6.14. The molecule has 2 rings (SSSR count). The lowest BCUT2D eigenvalue weighted by Crippen LogP contribution is -2.32. The largest absolute Gasteiger partial charge is 0.391 e. The molecule has 1 nitrogen and oxygen atoms in total. The van der Waals surface area contributed by atoms with Crippen molar-refractivity contribution in [2.45, 2.75) is 44.8 Å². The Kier molecular flexibility index (Phi) is 4.90. The van der Waals surface area contributed by atoms with Gasteiger partial charge >= 0.3 is 6.18 Å². The molecule has 1 saturated carbocycles. The van der Waals surface area contributed by atoms with Crippen LogP contribution in [0, 0.1) is 12.8 Å². The Hall–Kier alpha value is -0.420. The molecule has 0 heterocycles. The van der Waals surface area contributed by atoms with E-state index in [4.69, 9.17) is 11.6 Å². The number of benzene rings is 1. The smallest absolute Gasteiger partial charge is 0.381 e. The first-order valence-corrected chi connectivity index (χ1v) is 7.73. The summed E-state index contributed by atoms with van der Waals surface area (Å²) in [4.78, 5) is 0. The van der Waals surface area contributed by atoms with Crippen LogP contribution < -0.4 is 5.32 Å². The summed E-state index contributed by atoms with van der Waals surface area (Å²) >= 11 is 9.53. The van der Waals surface area contributed by atoms with Crippen molar-refractivity contribution < 1.29 is 13.2 Å². The van der Waals surface area contributed by atoms with Gasteiger partial charge in [0.1, 0.15) is 0 Å². The number of anilines is 1. The maximum Gasteiger partial charge on any atom is 0.391 e. The highest BCUT2D eigenvalue weighted by Gasteiger charge is 2.41. The van der Waals surface area contributed by atoms with Crippen molar-refractivity contribution in [1.29, 1.82) is 0 Å². The van der Waals surface area contributed by atoms with Crippen molar-refractivity contribution in [3.05, 3.63) is 27.2 Å². The monoisotopic (exact) mass is 369 g/mol. The molecule has 0 atom stereocenters. The van der Waals surface area contributed by atoms with Crippen LogP contribution >= 0.6 is 27.5 Å². The van der Waals surface area contributed by atoms with E-state index in [9.17, 15) is 13.2 Å². The topological polar surface area (TPSA) is 12.0 Å². The summed E-state index contributed by atoms with van der Waals surface area (Å²) in [6.45, 7) is 1.91. The van der Waals surface area contributed by atoms with Crippen LogP contribution in [0.15, 0.2) is 16.6 Å². The third-order valence-corrected chi connectivity index (χ3v) is 4.86. The minimum Gasteiger partial charge on any atom is -0.381 e. The molecule has 0 bridgehead atoms. The quantitative estimate of drug-likeness (QED) is 0.679. The first-order chi connectivity index (χ1) is 9.27. The van der Waals surface area contributed by atoms with Gasteiger partial charge in [0.2, 0.25) is 0 Å². The highest BCUT2D eigenvalue weighted by Crippen LogP contribution is 2.39. The summed E-state index contributed by atoms with van der Waals surface area (Å²) in [5, 5.41) is 3.94. The maximum atomic E-state index is 12.6. The number of rotatable bonds is 2. The summed E-state index contributed by atoms with van der Waals surface area (Å²) in [5.74, 6) is -1.15. The first kappa shape index (κ1) is 16.0. The third-order valence-electron chi connectivity index (χ3n) is 3.80. The van der Waals surface area contributed by atoms with E-state index in [1.807, 2.05) is 19.1 Å². The zero-order valence-corrected chi connectivity index (χ0v) is 13.4. The summed E-state index contributed by atoms with van der Waals surface area (Å²) in [6.07, 6.45) is -2.61. The van der Waals surface area contributed by atoms with Crippen LogP contribution in [-0.4, -0.2) is 12.2 Å². The van der Waals surface area contributed by atoms with Gasteiger partial charge in [-0.15, -0.1) is 0 Å². The van der Waals surface area contributed by atoms with E-state index in [1.165, 1.54) is 0 Å². The molecule has 112 valence electrons. The van der Waals surface area contributed by atoms with E-state index in [1.54, 1.807) is 0 Å². The average Bonchev–Trinajstić information content (AvgIpc) is 2.35. The molecule has 0 spiro atoms. The molecule has 0 aliphatic heterocycles. The van der Waals surface area contributed by atoms with Crippen LogP contribution in [0.4, 0.5) is 18.9 Å². The van der Waals surface area contributed by atoms with Crippen LogP contribution in [0.5, 0.6) is 0 Å². The van der Waals surface area contributed by atoms with Crippen LogP contribution in [0.3, 0.4) is 0 Å². The van der Waals surface area contributed by atoms with Gasteiger partial charge in [-0.05, 0) is 66.2 Å². The van der Waals surface area contributed by atoms with Crippen molar-refractivity contribution in [2.24, 2.45) is 5.92 Å². The van der Waals surface area contributed by atoms with Gasteiger partial charge in [-0.1, -0.05) is 11.6 Å². The highest BCUT2D eigenvalue weighted by atomic mass is 79.9. The lowest BCUT2D eigenvalue weighted by atomic mass is 9.85. The summed E-state index contributed by atoms with van der Waals surface area (Å²) in [5.41, 5.74) is 1.81. The number of aryl methyl sites for hydroxylation is 1. The van der Waals surface area contributed by atoms with E-state index in [0.717, 1.165) is 15.7 Å². The molecule has 0 unspecified atom stereocenters. The molecule has 1 aromatic rings. The van der Waals surface area contributed by atoms with Gasteiger partial charge in [-0.3, -0.25) is 0 Å². The Morgan fingerprint density at radius 2 is 1.80 bits per heavy atom. The molecule has 20 heavy (non-hydrogen) atoms. The van der Waals surface area contributed by atoms with E-state index < -0.39 is 12.1 Å². The minimum atomic E-state index is -4.06. The van der Waals surface area contributed by atoms with Crippen LogP contribution in [-0.2, 0) is 0 Å². The lowest BCUT2D eigenvalue weighted by molar-refractivity contribution is -0.182. The molecule has 1 aromatic carbocycles. The highest BCUT2D eigenvalue weighted by molar-refractivity contribution is 9.10. The zero-order chi connectivity index (χ0) is 14.9. The lowest BCUT2D eigenvalue weighted by Gasteiger charge is -2.31.